The molecule has 6 nitrogen and oxygen atoms in total. The van der Waals surface area contributed by atoms with Crippen molar-refractivity contribution in [3.8, 4) is 0 Å². The average Bonchev–Trinajstić information content (AvgIpc) is 2.39. The van der Waals surface area contributed by atoms with E-state index in [1.54, 1.807) is 0 Å². The van der Waals surface area contributed by atoms with Gasteiger partial charge in [-0.25, -0.2) is 9.18 Å². The van der Waals surface area contributed by atoms with E-state index in [2.05, 4.69) is 9.37 Å². The third-order valence-corrected chi connectivity index (χ3v) is 5.84. The molecule has 0 aromatic rings. The Balaban J connectivity index is 1.80. The van der Waals surface area contributed by atoms with E-state index in [9.17, 15) is 32.7 Å². The number of carbonyl (C=O) groups excluding carboxylic acids is 1. The largest absolute Gasteiger partial charge is 0.691 e. The first-order valence-corrected chi connectivity index (χ1v) is 8.11. The Labute approximate surface area is 138 Å². The van der Waals surface area contributed by atoms with Gasteiger partial charge < -0.3 is 15.1 Å². The van der Waals surface area contributed by atoms with Crippen molar-refractivity contribution in [2.75, 3.05) is 0 Å². The van der Waals surface area contributed by atoms with Gasteiger partial charge in [0.15, 0.2) is 0 Å². The highest BCUT2D eigenvalue weighted by atomic mass is 32.2. The van der Waals surface area contributed by atoms with Crippen LogP contribution in [0, 0.1) is 11.8 Å². The molecule has 1 N–H and O–H groups in total. The minimum absolute atomic E-state index is 0.0176. The molecular formula is C13H15F4O6S-. The second kappa shape index (κ2) is 5.70. The van der Waals surface area contributed by atoms with Crippen molar-refractivity contribution < 1.29 is 46.8 Å². The molecule has 0 heterocycles. The molecule has 4 rings (SSSR count). The molecule has 11 heteroatoms. The highest BCUT2D eigenvalue weighted by molar-refractivity contribution is 7.96. The maximum atomic E-state index is 14.2. The zero-order valence-electron chi connectivity index (χ0n) is 12.3. The van der Waals surface area contributed by atoms with Crippen molar-refractivity contribution in [2.45, 2.75) is 60.9 Å². The summed E-state index contributed by atoms with van der Waals surface area (Å²) in [6.07, 6.45) is -3.30. The number of rotatable bonds is 5. The molecular weight excluding hydrogens is 360 g/mol. The van der Waals surface area contributed by atoms with Crippen LogP contribution in [-0.4, -0.2) is 33.5 Å². The molecule has 3 unspecified atom stereocenters. The molecule has 0 saturated heterocycles. The fourth-order valence-electron chi connectivity index (χ4n) is 4.77. The van der Waals surface area contributed by atoms with Gasteiger partial charge in [0.05, 0.1) is 17.6 Å². The van der Waals surface area contributed by atoms with Crippen molar-refractivity contribution in [2.24, 2.45) is 11.8 Å². The summed E-state index contributed by atoms with van der Waals surface area (Å²) in [5, 5.41) is 18.3. The molecule has 0 aliphatic heterocycles. The highest BCUT2D eigenvalue weighted by Gasteiger charge is 2.68. The van der Waals surface area contributed by atoms with Crippen LogP contribution >= 0.6 is 12.0 Å². The predicted molar refractivity (Wildman–Crippen MR) is 68.1 cm³/mol. The van der Waals surface area contributed by atoms with E-state index in [1.807, 2.05) is 0 Å². The summed E-state index contributed by atoms with van der Waals surface area (Å²) in [4.78, 5) is 11.9. The second-order valence-electron chi connectivity index (χ2n) is 7.07. The first-order chi connectivity index (χ1) is 11.0. The Kier molecular flexibility index (Phi) is 4.31. The Morgan fingerprint density at radius 2 is 1.75 bits per heavy atom. The minimum atomic E-state index is -5.67. The lowest BCUT2D eigenvalue weighted by Gasteiger charge is -2.59. The van der Waals surface area contributed by atoms with Crippen molar-refractivity contribution in [3.63, 3.8) is 0 Å². The summed E-state index contributed by atoms with van der Waals surface area (Å²) in [6, 6.07) is 0. The molecule has 0 radical (unpaired) electrons. The van der Waals surface area contributed by atoms with E-state index in [0.717, 1.165) is 6.42 Å². The molecule has 0 amide bonds. The monoisotopic (exact) mass is 375 g/mol. The molecule has 24 heavy (non-hydrogen) atoms. The number of ether oxygens (including phenoxy) is 1. The van der Waals surface area contributed by atoms with Gasteiger partial charge in [0, 0.05) is 6.42 Å². The van der Waals surface area contributed by atoms with Gasteiger partial charge in [-0.1, -0.05) is 0 Å². The average molecular weight is 375 g/mol. The lowest BCUT2D eigenvalue weighted by atomic mass is 9.52. The minimum Gasteiger partial charge on any atom is -0.691 e. The zero-order chi connectivity index (χ0) is 17.8. The van der Waals surface area contributed by atoms with Crippen molar-refractivity contribution in [1.29, 1.82) is 0 Å². The number of hydrogen-bond donors (Lipinski definition) is 1. The Bertz CT molecular complexity index is 515. The van der Waals surface area contributed by atoms with Crippen molar-refractivity contribution in [1.82, 2.24) is 0 Å². The van der Waals surface area contributed by atoms with E-state index < -0.39 is 40.4 Å². The smallest absolute Gasteiger partial charge is 0.446 e. The van der Waals surface area contributed by atoms with Crippen LogP contribution in [-0.2, 0) is 18.9 Å². The van der Waals surface area contributed by atoms with E-state index in [1.165, 1.54) is 0 Å². The lowest BCUT2D eigenvalue weighted by Crippen LogP contribution is -2.62. The zero-order valence-corrected chi connectivity index (χ0v) is 13.1. The van der Waals surface area contributed by atoms with E-state index >= 15 is 0 Å². The lowest BCUT2D eigenvalue weighted by molar-refractivity contribution is -0.777. The van der Waals surface area contributed by atoms with E-state index in [4.69, 9.17) is 4.74 Å². The van der Waals surface area contributed by atoms with E-state index in [-0.39, 0.29) is 31.1 Å². The van der Waals surface area contributed by atoms with Gasteiger partial charge in [0.25, 0.3) is 0 Å². The number of carbonyl (C=O) groups is 1. The topological polar surface area (TPSA) is 88.1 Å². The third kappa shape index (κ3) is 3.00. The van der Waals surface area contributed by atoms with Crippen LogP contribution in [0.3, 0.4) is 0 Å². The predicted octanol–water partition coefficient (Wildman–Crippen LogP) is 1.71. The number of alkyl halides is 4. The van der Waals surface area contributed by atoms with Gasteiger partial charge in [0.2, 0.25) is 0 Å². The van der Waals surface area contributed by atoms with Gasteiger partial charge in [-0.3, -0.25) is 5.04 Å². The van der Waals surface area contributed by atoms with Gasteiger partial charge in [-0.05, 0) is 43.9 Å². The van der Waals surface area contributed by atoms with Crippen molar-refractivity contribution in [3.05, 3.63) is 0 Å². The van der Waals surface area contributed by atoms with E-state index in [0.29, 0.717) is 12.8 Å². The Hall–Kier alpha value is -0.620. The maximum absolute atomic E-state index is 14.2. The number of hydrogen-bond acceptors (Lipinski definition) is 7. The van der Waals surface area contributed by atoms with Gasteiger partial charge >= 0.3 is 17.1 Å². The van der Waals surface area contributed by atoms with Gasteiger partial charge in [-0.15, -0.1) is 0 Å². The summed E-state index contributed by atoms with van der Waals surface area (Å²) in [5.74, 6) is -2.15. The number of halogens is 4. The molecule has 0 aromatic heterocycles. The van der Waals surface area contributed by atoms with Crippen LogP contribution in [0.25, 0.3) is 0 Å². The summed E-state index contributed by atoms with van der Waals surface area (Å²) < 4.78 is 61.4. The summed E-state index contributed by atoms with van der Waals surface area (Å²) in [5.41, 5.74) is -2.42. The quantitative estimate of drug-likeness (QED) is 0.257. The maximum Gasteiger partial charge on any atom is 0.446 e. The standard InChI is InChI=1S/C13H16F4O6S/c14-12(13(15,16)17,24-23-22-20)9(18)21-11-4-7-1-8(5-11)3-10(19,2-7)6-11/h7-8,19-20H,1-6H2/p-1. The SMILES string of the molecule is O=C(OC12CC3CC(CC(O)(C3)C1)C2)C(F)(SOO[O-])C(F)(F)F. The summed E-state index contributed by atoms with van der Waals surface area (Å²) in [7, 11) is 0. The van der Waals surface area contributed by atoms with Crippen LogP contribution in [0.2, 0.25) is 0 Å². The molecule has 0 aromatic carbocycles. The van der Waals surface area contributed by atoms with Gasteiger partial charge in [-0.2, -0.15) is 17.5 Å². The summed E-state index contributed by atoms with van der Waals surface area (Å²) in [6.45, 7) is 0. The van der Waals surface area contributed by atoms with Crippen LogP contribution in [0.15, 0.2) is 0 Å². The Morgan fingerprint density at radius 1 is 1.17 bits per heavy atom. The molecule has 4 aliphatic carbocycles. The van der Waals surface area contributed by atoms with Crippen LogP contribution in [0.1, 0.15) is 38.5 Å². The van der Waals surface area contributed by atoms with Crippen LogP contribution < -0.4 is 5.26 Å². The molecule has 4 aliphatic rings. The number of aliphatic hydroxyl groups is 1. The van der Waals surface area contributed by atoms with Crippen LogP contribution in [0.4, 0.5) is 17.6 Å². The molecule has 3 atom stereocenters. The third-order valence-electron chi connectivity index (χ3n) is 5.09. The Morgan fingerprint density at radius 3 is 2.21 bits per heavy atom. The fourth-order valence-corrected chi connectivity index (χ4v) is 5.10. The molecule has 4 saturated carbocycles. The van der Waals surface area contributed by atoms with Crippen LogP contribution in [0.5, 0.6) is 0 Å². The summed E-state index contributed by atoms with van der Waals surface area (Å²) >= 11 is -1.10. The molecule has 0 spiro atoms. The first kappa shape index (κ1) is 18.2. The number of esters is 1. The van der Waals surface area contributed by atoms with Gasteiger partial charge in [0.1, 0.15) is 5.60 Å². The highest BCUT2D eigenvalue weighted by Crippen LogP contribution is 2.59. The fraction of sp³-hybridized carbons (Fsp3) is 0.923. The molecule has 4 fully saturated rings. The molecule has 4 bridgehead atoms. The van der Waals surface area contributed by atoms with Crippen molar-refractivity contribution >= 4 is 18.0 Å². The molecule has 138 valence electrons. The first-order valence-electron chi connectivity index (χ1n) is 7.37. The normalized spacial score (nSPS) is 40.4. The second-order valence-corrected chi connectivity index (χ2v) is 7.94.